The van der Waals surface area contributed by atoms with Gasteiger partial charge in [0.15, 0.2) is 0 Å². The van der Waals surface area contributed by atoms with E-state index < -0.39 is 17.4 Å². The molecule has 0 bridgehead atoms. The summed E-state index contributed by atoms with van der Waals surface area (Å²) in [7, 11) is 1.26. The molecule has 1 N–H and O–H groups in total. The number of anilines is 1. The summed E-state index contributed by atoms with van der Waals surface area (Å²) >= 11 is 6.11. The number of rotatable bonds is 4. The molecular weight excluding hydrogens is 320 g/mol. The molecule has 1 atom stereocenters. The van der Waals surface area contributed by atoms with Gasteiger partial charge >= 0.3 is 5.97 Å². The molecule has 1 aromatic rings. The Bertz CT molecular complexity index is 645. The molecule has 7 heteroatoms. The summed E-state index contributed by atoms with van der Waals surface area (Å²) in [6, 6.07) is 6.98. The predicted octanol–water partition coefficient (Wildman–Crippen LogP) is 1.76. The quantitative estimate of drug-likeness (QED) is 0.849. The van der Waals surface area contributed by atoms with Gasteiger partial charge in [-0.3, -0.25) is 9.59 Å². The van der Waals surface area contributed by atoms with Crippen LogP contribution in [-0.4, -0.2) is 37.0 Å². The molecule has 0 spiro atoms. The minimum absolute atomic E-state index is 0.0777. The van der Waals surface area contributed by atoms with E-state index >= 15 is 0 Å². The Morgan fingerprint density at radius 2 is 2.00 bits per heavy atom. The fourth-order valence-electron chi connectivity index (χ4n) is 2.50. The van der Waals surface area contributed by atoms with E-state index in [1.807, 2.05) is 0 Å². The van der Waals surface area contributed by atoms with Gasteiger partial charge in [-0.05, 0) is 26.0 Å². The molecule has 1 aliphatic heterocycles. The molecule has 23 heavy (non-hydrogen) atoms. The molecule has 1 aromatic carbocycles. The van der Waals surface area contributed by atoms with Crippen molar-refractivity contribution in [2.75, 3.05) is 18.6 Å². The van der Waals surface area contributed by atoms with Gasteiger partial charge in [0.1, 0.15) is 5.54 Å². The third kappa shape index (κ3) is 3.64. The molecule has 1 fully saturated rings. The molecule has 0 radical (unpaired) electrons. The number of halogens is 1. The lowest BCUT2D eigenvalue weighted by molar-refractivity contribution is -0.149. The maximum Gasteiger partial charge on any atom is 0.330 e. The number of nitrogens with zero attached hydrogens (tertiary/aromatic N) is 1. The van der Waals surface area contributed by atoms with Crippen LogP contribution in [0.2, 0.25) is 5.02 Å². The van der Waals surface area contributed by atoms with Gasteiger partial charge in [0, 0.05) is 13.0 Å². The normalized spacial score (nSPS) is 18.0. The lowest BCUT2D eigenvalue weighted by atomic mass is 10.0. The van der Waals surface area contributed by atoms with Gasteiger partial charge in [0.25, 0.3) is 0 Å². The third-order valence-corrected chi connectivity index (χ3v) is 4.09. The number of esters is 1. The van der Waals surface area contributed by atoms with Crippen LogP contribution in [0.5, 0.6) is 0 Å². The molecule has 1 saturated heterocycles. The fourth-order valence-corrected chi connectivity index (χ4v) is 2.74. The third-order valence-electron chi connectivity index (χ3n) is 3.77. The number of carbonyl (C=O) groups is 3. The van der Waals surface area contributed by atoms with Crippen molar-refractivity contribution in [1.29, 1.82) is 0 Å². The first kappa shape index (κ1) is 17.3. The van der Waals surface area contributed by atoms with Crippen LogP contribution in [0, 0.1) is 5.92 Å². The van der Waals surface area contributed by atoms with Gasteiger partial charge in [0.2, 0.25) is 11.8 Å². The van der Waals surface area contributed by atoms with Crippen LogP contribution >= 0.6 is 11.6 Å². The summed E-state index contributed by atoms with van der Waals surface area (Å²) in [5.41, 5.74) is -0.561. The van der Waals surface area contributed by atoms with E-state index in [0.29, 0.717) is 10.7 Å². The van der Waals surface area contributed by atoms with Crippen molar-refractivity contribution in [3.8, 4) is 0 Å². The average Bonchev–Trinajstić information content (AvgIpc) is 2.88. The standard InChI is InChI=1S/C16H19ClN2O4/c1-16(2,15(22)23-3)18-14(21)10-8-13(20)19(9-10)12-7-5-4-6-11(12)17/h4-7,10H,8-9H2,1-3H3,(H,18,21)/t10-/m1/s1. The van der Waals surface area contributed by atoms with Crippen molar-refractivity contribution in [3.63, 3.8) is 0 Å². The maximum absolute atomic E-state index is 12.4. The van der Waals surface area contributed by atoms with Crippen LogP contribution in [0.1, 0.15) is 20.3 Å². The van der Waals surface area contributed by atoms with Gasteiger partial charge in [-0.2, -0.15) is 0 Å². The molecular formula is C16H19ClN2O4. The number of methoxy groups -OCH3 is 1. The molecule has 0 aromatic heterocycles. The highest BCUT2D eigenvalue weighted by molar-refractivity contribution is 6.33. The molecule has 0 unspecified atom stereocenters. The monoisotopic (exact) mass is 338 g/mol. The van der Waals surface area contributed by atoms with Gasteiger partial charge in [-0.1, -0.05) is 23.7 Å². The van der Waals surface area contributed by atoms with Gasteiger partial charge < -0.3 is 15.0 Å². The Morgan fingerprint density at radius 1 is 1.35 bits per heavy atom. The number of carbonyl (C=O) groups excluding carboxylic acids is 3. The second-order valence-electron chi connectivity index (χ2n) is 5.96. The van der Waals surface area contributed by atoms with Gasteiger partial charge in [0.05, 0.1) is 23.7 Å². The second kappa shape index (κ2) is 6.58. The van der Waals surface area contributed by atoms with E-state index in [4.69, 9.17) is 11.6 Å². The molecule has 124 valence electrons. The van der Waals surface area contributed by atoms with Crippen LogP contribution in [0.4, 0.5) is 5.69 Å². The molecule has 1 aliphatic rings. The van der Waals surface area contributed by atoms with Crippen LogP contribution < -0.4 is 10.2 Å². The smallest absolute Gasteiger partial charge is 0.330 e. The van der Waals surface area contributed by atoms with E-state index in [1.165, 1.54) is 12.0 Å². The number of nitrogens with one attached hydrogen (secondary N) is 1. The first-order valence-electron chi connectivity index (χ1n) is 7.21. The van der Waals surface area contributed by atoms with E-state index in [0.717, 1.165) is 0 Å². The van der Waals surface area contributed by atoms with Crippen molar-refractivity contribution in [2.24, 2.45) is 5.92 Å². The van der Waals surface area contributed by atoms with E-state index in [-0.39, 0.29) is 24.8 Å². The summed E-state index contributed by atoms with van der Waals surface area (Å²) in [6.45, 7) is 3.34. The number of hydrogen-bond acceptors (Lipinski definition) is 4. The van der Waals surface area contributed by atoms with Crippen molar-refractivity contribution >= 4 is 35.1 Å². The van der Waals surface area contributed by atoms with Crippen molar-refractivity contribution in [1.82, 2.24) is 5.32 Å². The Balaban J connectivity index is 2.09. The number of hydrogen-bond donors (Lipinski definition) is 1. The first-order valence-corrected chi connectivity index (χ1v) is 7.59. The Kier molecular flexibility index (Phi) is 4.94. The largest absolute Gasteiger partial charge is 0.467 e. The Hall–Kier alpha value is -2.08. The molecule has 0 saturated carbocycles. The predicted molar refractivity (Wildman–Crippen MR) is 86.1 cm³/mol. The average molecular weight is 339 g/mol. The fraction of sp³-hybridized carbons (Fsp3) is 0.438. The molecule has 2 rings (SSSR count). The Morgan fingerprint density at radius 3 is 2.61 bits per heavy atom. The molecule has 2 amide bonds. The minimum Gasteiger partial charge on any atom is -0.467 e. The summed E-state index contributed by atoms with van der Waals surface area (Å²) in [4.78, 5) is 37.7. The molecule has 1 heterocycles. The van der Waals surface area contributed by atoms with E-state index in [2.05, 4.69) is 10.1 Å². The SMILES string of the molecule is COC(=O)C(C)(C)NC(=O)[C@@H]1CC(=O)N(c2ccccc2Cl)C1. The maximum atomic E-state index is 12.4. The Labute approximate surface area is 139 Å². The van der Waals surface area contributed by atoms with E-state index in [1.54, 1.807) is 38.1 Å². The zero-order chi connectivity index (χ0) is 17.2. The number of amides is 2. The number of benzene rings is 1. The van der Waals surface area contributed by atoms with Crippen molar-refractivity contribution < 1.29 is 19.1 Å². The van der Waals surface area contributed by atoms with Crippen LogP contribution in [0.15, 0.2) is 24.3 Å². The highest BCUT2D eigenvalue weighted by Crippen LogP contribution is 2.31. The highest BCUT2D eigenvalue weighted by atomic mass is 35.5. The van der Waals surface area contributed by atoms with Crippen LogP contribution in [-0.2, 0) is 19.1 Å². The van der Waals surface area contributed by atoms with Crippen molar-refractivity contribution in [2.45, 2.75) is 25.8 Å². The topological polar surface area (TPSA) is 75.7 Å². The summed E-state index contributed by atoms with van der Waals surface area (Å²) in [6.07, 6.45) is 0.0777. The first-order chi connectivity index (χ1) is 10.8. The lowest BCUT2D eigenvalue weighted by Crippen LogP contribution is -2.52. The summed E-state index contributed by atoms with van der Waals surface area (Å²) in [5.74, 6) is -1.61. The van der Waals surface area contributed by atoms with Crippen molar-refractivity contribution in [3.05, 3.63) is 29.3 Å². The van der Waals surface area contributed by atoms with E-state index in [9.17, 15) is 14.4 Å². The van der Waals surface area contributed by atoms with Gasteiger partial charge in [-0.15, -0.1) is 0 Å². The van der Waals surface area contributed by atoms with Crippen LogP contribution in [0.25, 0.3) is 0 Å². The van der Waals surface area contributed by atoms with Crippen LogP contribution in [0.3, 0.4) is 0 Å². The molecule has 6 nitrogen and oxygen atoms in total. The van der Waals surface area contributed by atoms with Gasteiger partial charge in [-0.25, -0.2) is 4.79 Å². The minimum atomic E-state index is -1.15. The zero-order valence-corrected chi connectivity index (χ0v) is 14.0. The summed E-state index contributed by atoms with van der Waals surface area (Å²) < 4.78 is 4.66. The number of para-hydroxylation sites is 1. The molecule has 0 aliphatic carbocycles. The summed E-state index contributed by atoms with van der Waals surface area (Å²) in [5, 5.41) is 3.09. The second-order valence-corrected chi connectivity index (χ2v) is 6.37. The number of ether oxygens (including phenoxy) is 1. The zero-order valence-electron chi connectivity index (χ0n) is 13.3. The lowest BCUT2D eigenvalue weighted by Gasteiger charge is -2.25. The highest BCUT2D eigenvalue weighted by Gasteiger charge is 2.39.